The Hall–Kier alpha value is -2.09. The molecule has 1 aliphatic rings. The molecule has 1 aliphatic heterocycles. The molecule has 3 atom stereocenters. The number of alkyl halides is 3. The van der Waals surface area contributed by atoms with E-state index in [1.807, 2.05) is 0 Å². The lowest BCUT2D eigenvalue weighted by Crippen LogP contribution is -2.64. The molecule has 1 saturated heterocycles. The Morgan fingerprint density at radius 3 is 2.26 bits per heavy atom. The summed E-state index contributed by atoms with van der Waals surface area (Å²) in [6.45, 7) is -0.0955. The van der Waals surface area contributed by atoms with Crippen LogP contribution in [0, 0.1) is 11.3 Å². The third kappa shape index (κ3) is 2.28. The Kier molecular flexibility index (Phi) is 4.14. The predicted octanol–water partition coefficient (Wildman–Crippen LogP) is 0.683. The molecule has 0 saturated carbocycles. The lowest BCUT2D eigenvalue weighted by Gasteiger charge is -2.44. The zero-order valence-corrected chi connectivity index (χ0v) is 12.5. The van der Waals surface area contributed by atoms with Crippen LogP contribution >= 0.6 is 0 Å². The van der Waals surface area contributed by atoms with Crippen LogP contribution in [0.1, 0.15) is 12.5 Å². The van der Waals surface area contributed by atoms with E-state index >= 15 is 4.39 Å². The summed E-state index contributed by atoms with van der Waals surface area (Å²) in [6.07, 6.45) is 0. The monoisotopic (exact) mass is 329 g/mol. The lowest BCUT2D eigenvalue weighted by atomic mass is 9.63. The maximum atomic E-state index is 15.5. The molecule has 5 N–H and O–H groups in total. The average molecular weight is 329 g/mol. The molecule has 5 nitrogen and oxygen atoms in total. The molecule has 1 fully saturated rings. The van der Waals surface area contributed by atoms with Gasteiger partial charge in [0.25, 0.3) is 0 Å². The first kappa shape index (κ1) is 17.3. The highest BCUT2D eigenvalue weighted by molar-refractivity contribution is 5.91. The van der Waals surface area contributed by atoms with Gasteiger partial charge in [0.05, 0.1) is 5.92 Å². The number of rotatable bonds is 5. The standard InChI is InChI=1S/C15H18F3N3O2/c1-13(16,15(17,18)9-5-3-2-4-6-9)14(12(20)23)8-21-7-10(14)11(19)22/h2-6,10,21H,7-8H2,1H3,(H2,19,22)(H2,20,23). The predicted molar refractivity (Wildman–Crippen MR) is 77.0 cm³/mol. The number of amides is 2. The first-order chi connectivity index (χ1) is 10.6. The van der Waals surface area contributed by atoms with Gasteiger partial charge in [-0.15, -0.1) is 0 Å². The van der Waals surface area contributed by atoms with Gasteiger partial charge < -0.3 is 16.8 Å². The first-order valence-electron chi connectivity index (χ1n) is 7.01. The molecule has 0 spiro atoms. The van der Waals surface area contributed by atoms with E-state index in [-0.39, 0.29) is 6.54 Å². The van der Waals surface area contributed by atoms with Crippen molar-refractivity contribution in [1.82, 2.24) is 5.32 Å². The zero-order valence-electron chi connectivity index (χ0n) is 12.5. The normalized spacial score (nSPS) is 27.4. The number of carbonyl (C=O) groups excluding carboxylic acids is 2. The van der Waals surface area contributed by atoms with Gasteiger partial charge in [-0.2, -0.15) is 8.78 Å². The highest BCUT2D eigenvalue weighted by Crippen LogP contribution is 2.55. The van der Waals surface area contributed by atoms with E-state index < -0.39 is 46.8 Å². The Labute approximate surface area is 131 Å². The summed E-state index contributed by atoms with van der Waals surface area (Å²) in [5, 5.41) is 2.58. The molecule has 1 heterocycles. The van der Waals surface area contributed by atoms with Crippen LogP contribution in [0.25, 0.3) is 0 Å². The molecule has 0 aromatic heterocycles. The minimum atomic E-state index is -4.05. The fourth-order valence-corrected chi connectivity index (χ4v) is 3.24. The SMILES string of the molecule is CC(F)(C(F)(F)c1ccccc1)C1(C(N)=O)CNCC1C(N)=O. The molecule has 126 valence electrons. The summed E-state index contributed by atoms with van der Waals surface area (Å²) in [4.78, 5) is 23.6. The fraction of sp³-hybridized carbons (Fsp3) is 0.467. The first-order valence-corrected chi connectivity index (χ1v) is 7.01. The zero-order chi connectivity index (χ0) is 17.5. The topological polar surface area (TPSA) is 98.2 Å². The Balaban J connectivity index is 2.62. The van der Waals surface area contributed by atoms with Gasteiger partial charge in [0.1, 0.15) is 5.41 Å². The van der Waals surface area contributed by atoms with Crippen LogP contribution in [0.3, 0.4) is 0 Å². The van der Waals surface area contributed by atoms with Gasteiger partial charge in [0.15, 0.2) is 5.67 Å². The third-order valence-corrected chi connectivity index (χ3v) is 4.69. The van der Waals surface area contributed by atoms with Gasteiger partial charge >= 0.3 is 5.92 Å². The minimum absolute atomic E-state index is 0.192. The Bertz CT molecular complexity index is 622. The minimum Gasteiger partial charge on any atom is -0.369 e. The van der Waals surface area contributed by atoms with Crippen molar-refractivity contribution < 1.29 is 22.8 Å². The molecule has 3 unspecified atom stereocenters. The van der Waals surface area contributed by atoms with Crippen LogP contribution in [0.2, 0.25) is 0 Å². The summed E-state index contributed by atoms with van der Waals surface area (Å²) in [5.41, 5.74) is 3.98. The van der Waals surface area contributed by atoms with Crippen LogP contribution in [0.5, 0.6) is 0 Å². The highest BCUT2D eigenvalue weighted by Gasteiger charge is 2.72. The molecule has 1 aromatic carbocycles. The second-order valence-electron chi connectivity index (χ2n) is 5.86. The summed E-state index contributed by atoms with van der Waals surface area (Å²) >= 11 is 0. The van der Waals surface area contributed by atoms with E-state index in [1.54, 1.807) is 0 Å². The van der Waals surface area contributed by atoms with Crippen molar-refractivity contribution in [3.63, 3.8) is 0 Å². The Morgan fingerprint density at radius 2 is 1.78 bits per heavy atom. The fourth-order valence-electron chi connectivity index (χ4n) is 3.24. The van der Waals surface area contributed by atoms with Crippen molar-refractivity contribution in [2.75, 3.05) is 13.1 Å². The molecule has 0 aliphatic carbocycles. The van der Waals surface area contributed by atoms with E-state index in [2.05, 4.69) is 5.32 Å². The van der Waals surface area contributed by atoms with E-state index in [4.69, 9.17) is 11.5 Å². The summed E-state index contributed by atoms with van der Waals surface area (Å²) < 4.78 is 45.2. The molecule has 8 heteroatoms. The summed E-state index contributed by atoms with van der Waals surface area (Å²) in [6, 6.07) is 6.26. The van der Waals surface area contributed by atoms with Crippen molar-refractivity contribution >= 4 is 11.8 Å². The number of benzene rings is 1. The van der Waals surface area contributed by atoms with Gasteiger partial charge in [-0.25, -0.2) is 4.39 Å². The quantitative estimate of drug-likeness (QED) is 0.741. The highest BCUT2D eigenvalue weighted by atomic mass is 19.3. The second-order valence-corrected chi connectivity index (χ2v) is 5.86. The largest absolute Gasteiger partial charge is 0.369 e. The van der Waals surface area contributed by atoms with Crippen LogP contribution < -0.4 is 16.8 Å². The number of nitrogens with one attached hydrogen (secondary N) is 1. The number of hydrogen-bond acceptors (Lipinski definition) is 3. The molecule has 23 heavy (non-hydrogen) atoms. The van der Waals surface area contributed by atoms with Gasteiger partial charge in [0.2, 0.25) is 11.8 Å². The van der Waals surface area contributed by atoms with Gasteiger partial charge in [0, 0.05) is 18.7 Å². The number of primary amides is 2. The van der Waals surface area contributed by atoms with Crippen molar-refractivity contribution in [2.45, 2.75) is 18.5 Å². The van der Waals surface area contributed by atoms with Crippen LogP contribution in [0.4, 0.5) is 13.2 Å². The van der Waals surface area contributed by atoms with Crippen molar-refractivity contribution in [3.05, 3.63) is 35.9 Å². The number of carbonyl (C=O) groups is 2. The maximum absolute atomic E-state index is 15.5. The van der Waals surface area contributed by atoms with E-state index in [0.717, 1.165) is 12.1 Å². The van der Waals surface area contributed by atoms with Crippen LogP contribution in [-0.4, -0.2) is 30.6 Å². The molecule has 2 amide bonds. The van der Waals surface area contributed by atoms with Crippen LogP contribution in [0.15, 0.2) is 30.3 Å². The van der Waals surface area contributed by atoms with Gasteiger partial charge in [-0.1, -0.05) is 30.3 Å². The number of halogens is 3. The molecular weight excluding hydrogens is 311 g/mol. The van der Waals surface area contributed by atoms with E-state index in [0.29, 0.717) is 6.92 Å². The molecule has 2 rings (SSSR count). The second kappa shape index (κ2) is 5.52. The molecule has 1 aromatic rings. The smallest absolute Gasteiger partial charge is 0.307 e. The summed E-state index contributed by atoms with van der Waals surface area (Å²) in [7, 11) is 0. The maximum Gasteiger partial charge on any atom is 0.307 e. The van der Waals surface area contributed by atoms with Crippen molar-refractivity contribution in [1.29, 1.82) is 0 Å². The van der Waals surface area contributed by atoms with Gasteiger partial charge in [-0.05, 0) is 6.92 Å². The van der Waals surface area contributed by atoms with Crippen LogP contribution in [-0.2, 0) is 15.5 Å². The van der Waals surface area contributed by atoms with Crippen molar-refractivity contribution in [3.8, 4) is 0 Å². The third-order valence-electron chi connectivity index (χ3n) is 4.69. The van der Waals surface area contributed by atoms with E-state index in [1.165, 1.54) is 18.2 Å². The molecular formula is C15H18F3N3O2. The van der Waals surface area contributed by atoms with Gasteiger partial charge in [-0.3, -0.25) is 9.59 Å². The lowest BCUT2D eigenvalue weighted by molar-refractivity contribution is -0.203. The summed E-state index contributed by atoms with van der Waals surface area (Å²) in [5.74, 6) is -7.90. The van der Waals surface area contributed by atoms with E-state index in [9.17, 15) is 18.4 Å². The van der Waals surface area contributed by atoms with Crippen molar-refractivity contribution in [2.24, 2.45) is 22.8 Å². The number of nitrogens with two attached hydrogens (primary N) is 2. The molecule has 0 radical (unpaired) electrons. The Morgan fingerprint density at radius 1 is 1.22 bits per heavy atom. The average Bonchev–Trinajstić information content (AvgIpc) is 2.94. The number of hydrogen-bond donors (Lipinski definition) is 3. The molecule has 0 bridgehead atoms.